The maximum absolute atomic E-state index is 9.50. The summed E-state index contributed by atoms with van der Waals surface area (Å²) in [7, 11) is 0. The molecular weight excluding hydrogens is 228 g/mol. The highest BCUT2D eigenvalue weighted by Crippen LogP contribution is 2.22. The first kappa shape index (κ1) is 11.4. The Balaban J connectivity index is 1.96. The Morgan fingerprint density at radius 2 is 2.11 bits per heavy atom. The van der Waals surface area contributed by atoms with E-state index in [2.05, 4.69) is 10.3 Å². The lowest BCUT2D eigenvalue weighted by Gasteiger charge is -2.14. The van der Waals surface area contributed by atoms with Crippen molar-refractivity contribution in [3.8, 4) is 5.75 Å². The first-order chi connectivity index (χ1) is 8.83. The molecule has 18 heavy (non-hydrogen) atoms. The Kier molecular flexibility index (Phi) is 3.13. The Morgan fingerprint density at radius 3 is 3.06 bits per heavy atom. The van der Waals surface area contributed by atoms with Crippen LogP contribution in [0.15, 0.2) is 30.3 Å². The van der Waals surface area contributed by atoms with Crippen LogP contribution >= 0.6 is 0 Å². The van der Waals surface area contributed by atoms with Crippen LogP contribution in [0.2, 0.25) is 0 Å². The number of hydrogen-bond donors (Lipinski definition) is 2. The van der Waals surface area contributed by atoms with E-state index in [-0.39, 0.29) is 11.8 Å². The topological polar surface area (TPSA) is 54.4 Å². The average molecular weight is 244 g/mol. The molecule has 1 atom stereocenters. The summed E-state index contributed by atoms with van der Waals surface area (Å²) in [4.78, 5) is 4.62. The van der Waals surface area contributed by atoms with E-state index in [9.17, 15) is 5.11 Å². The Morgan fingerprint density at radius 1 is 1.22 bits per heavy atom. The minimum absolute atomic E-state index is 0.235. The monoisotopic (exact) mass is 244 g/mol. The van der Waals surface area contributed by atoms with Crippen molar-refractivity contribution in [1.82, 2.24) is 10.3 Å². The molecule has 1 saturated heterocycles. The normalized spacial score (nSPS) is 20.8. The number of aromatic hydroxyl groups is 1. The van der Waals surface area contributed by atoms with Crippen LogP contribution in [-0.4, -0.2) is 29.8 Å². The minimum Gasteiger partial charge on any atom is -0.508 e. The molecule has 0 spiro atoms. The fraction of sp³-hybridized carbons (Fsp3) is 0.357. The van der Waals surface area contributed by atoms with Crippen molar-refractivity contribution in [1.29, 1.82) is 0 Å². The van der Waals surface area contributed by atoms with Crippen molar-refractivity contribution in [2.75, 3.05) is 19.8 Å². The van der Waals surface area contributed by atoms with E-state index in [1.165, 1.54) is 0 Å². The van der Waals surface area contributed by atoms with Gasteiger partial charge in [0.1, 0.15) is 5.75 Å². The van der Waals surface area contributed by atoms with Crippen LogP contribution in [0.1, 0.15) is 18.2 Å². The quantitative estimate of drug-likeness (QED) is 0.805. The molecule has 4 heteroatoms. The summed E-state index contributed by atoms with van der Waals surface area (Å²) in [5, 5.41) is 14.0. The van der Waals surface area contributed by atoms with Crippen LogP contribution in [0.4, 0.5) is 0 Å². The summed E-state index contributed by atoms with van der Waals surface area (Å²) < 4.78 is 5.42. The largest absolute Gasteiger partial charge is 0.508 e. The maximum atomic E-state index is 9.50. The second-order valence-electron chi connectivity index (χ2n) is 4.52. The van der Waals surface area contributed by atoms with E-state index in [1.807, 2.05) is 18.2 Å². The lowest BCUT2D eigenvalue weighted by Crippen LogP contribution is -2.22. The molecule has 1 fully saturated rings. The summed E-state index contributed by atoms with van der Waals surface area (Å²) >= 11 is 0. The van der Waals surface area contributed by atoms with Crippen molar-refractivity contribution in [3.05, 3.63) is 36.0 Å². The number of fused-ring (bicyclic) bond motifs is 1. The first-order valence-corrected chi connectivity index (χ1v) is 6.24. The van der Waals surface area contributed by atoms with E-state index >= 15 is 0 Å². The second-order valence-corrected chi connectivity index (χ2v) is 4.52. The maximum Gasteiger partial charge on any atom is 0.117 e. The van der Waals surface area contributed by atoms with Crippen LogP contribution in [0.3, 0.4) is 0 Å². The summed E-state index contributed by atoms with van der Waals surface area (Å²) in [6.45, 7) is 2.37. The zero-order chi connectivity index (χ0) is 12.4. The van der Waals surface area contributed by atoms with Gasteiger partial charge in [0, 0.05) is 24.6 Å². The number of aromatic nitrogens is 1. The number of phenolic OH excluding ortho intramolecular Hbond substituents is 1. The second kappa shape index (κ2) is 4.92. The summed E-state index contributed by atoms with van der Waals surface area (Å²) in [6, 6.07) is 9.59. The predicted molar refractivity (Wildman–Crippen MR) is 69.6 cm³/mol. The first-order valence-electron chi connectivity index (χ1n) is 6.24. The number of phenols is 1. The van der Waals surface area contributed by atoms with E-state index < -0.39 is 0 Å². The van der Waals surface area contributed by atoms with Gasteiger partial charge in [0.2, 0.25) is 0 Å². The molecule has 0 radical (unpaired) electrons. The minimum atomic E-state index is 0.235. The number of nitrogens with zero attached hydrogens (tertiary/aromatic N) is 1. The van der Waals surface area contributed by atoms with E-state index in [1.54, 1.807) is 12.1 Å². The van der Waals surface area contributed by atoms with Gasteiger partial charge in [0.25, 0.3) is 0 Å². The van der Waals surface area contributed by atoms with Crippen LogP contribution in [0.25, 0.3) is 10.9 Å². The predicted octanol–water partition coefficient (Wildman–Crippen LogP) is 1.99. The summed E-state index contributed by atoms with van der Waals surface area (Å²) in [5.41, 5.74) is 1.85. The lowest BCUT2D eigenvalue weighted by atomic mass is 10.1. The fourth-order valence-corrected chi connectivity index (χ4v) is 2.28. The lowest BCUT2D eigenvalue weighted by molar-refractivity contribution is 0.150. The molecule has 1 aromatic heterocycles. The van der Waals surface area contributed by atoms with Crippen molar-refractivity contribution >= 4 is 10.9 Å². The third kappa shape index (κ3) is 2.30. The van der Waals surface area contributed by atoms with Crippen molar-refractivity contribution in [3.63, 3.8) is 0 Å². The van der Waals surface area contributed by atoms with Gasteiger partial charge in [-0.05, 0) is 24.6 Å². The van der Waals surface area contributed by atoms with E-state index in [0.29, 0.717) is 0 Å². The fourth-order valence-electron chi connectivity index (χ4n) is 2.28. The Labute approximate surface area is 106 Å². The number of nitrogens with one attached hydrogen (secondary N) is 1. The third-order valence-corrected chi connectivity index (χ3v) is 3.24. The number of hydrogen-bond acceptors (Lipinski definition) is 4. The molecule has 0 aliphatic carbocycles. The molecule has 94 valence electrons. The van der Waals surface area contributed by atoms with Crippen LogP contribution in [0, 0.1) is 0 Å². The van der Waals surface area contributed by atoms with E-state index in [0.717, 1.165) is 42.8 Å². The average Bonchev–Trinajstić information content (AvgIpc) is 2.66. The SMILES string of the molecule is Oc1ccc2ccc(C3CCOCCN3)nc2c1. The molecule has 0 saturated carbocycles. The zero-order valence-electron chi connectivity index (χ0n) is 10.1. The smallest absolute Gasteiger partial charge is 0.117 e. The van der Waals surface area contributed by atoms with Gasteiger partial charge < -0.3 is 15.2 Å². The number of rotatable bonds is 1. The highest BCUT2D eigenvalue weighted by molar-refractivity contribution is 5.80. The molecule has 2 heterocycles. The number of ether oxygens (including phenoxy) is 1. The highest BCUT2D eigenvalue weighted by Gasteiger charge is 2.15. The molecule has 1 unspecified atom stereocenters. The molecular formula is C14H16N2O2. The van der Waals surface area contributed by atoms with E-state index in [4.69, 9.17) is 4.74 Å². The van der Waals surface area contributed by atoms with Gasteiger partial charge in [0.15, 0.2) is 0 Å². The van der Waals surface area contributed by atoms with Gasteiger partial charge in [-0.25, -0.2) is 0 Å². The standard InChI is InChI=1S/C14H16N2O2/c17-11-3-1-10-2-4-13(16-14(10)9-11)12-5-7-18-8-6-15-12/h1-4,9,12,15,17H,5-8H2. The Bertz CT molecular complexity index is 548. The number of benzene rings is 1. The third-order valence-electron chi connectivity index (χ3n) is 3.24. The van der Waals surface area contributed by atoms with Gasteiger partial charge in [-0.2, -0.15) is 0 Å². The van der Waals surface area contributed by atoms with Crippen LogP contribution < -0.4 is 5.32 Å². The zero-order valence-corrected chi connectivity index (χ0v) is 10.1. The Hall–Kier alpha value is -1.65. The van der Waals surface area contributed by atoms with Gasteiger partial charge in [-0.1, -0.05) is 6.07 Å². The number of pyridine rings is 1. The van der Waals surface area contributed by atoms with Gasteiger partial charge in [-0.3, -0.25) is 4.98 Å². The molecule has 1 aliphatic rings. The van der Waals surface area contributed by atoms with Crippen molar-refractivity contribution in [2.24, 2.45) is 0 Å². The van der Waals surface area contributed by atoms with Gasteiger partial charge >= 0.3 is 0 Å². The van der Waals surface area contributed by atoms with Crippen molar-refractivity contribution < 1.29 is 9.84 Å². The highest BCUT2D eigenvalue weighted by atomic mass is 16.5. The summed E-state index contributed by atoms with van der Waals surface area (Å²) in [6.07, 6.45) is 0.928. The van der Waals surface area contributed by atoms with Gasteiger partial charge in [-0.15, -0.1) is 0 Å². The molecule has 1 aromatic carbocycles. The molecule has 2 N–H and O–H groups in total. The molecule has 2 aromatic rings. The van der Waals surface area contributed by atoms with Crippen LogP contribution in [0.5, 0.6) is 5.75 Å². The molecule has 0 amide bonds. The molecule has 0 bridgehead atoms. The van der Waals surface area contributed by atoms with Crippen LogP contribution in [-0.2, 0) is 4.74 Å². The summed E-state index contributed by atoms with van der Waals surface area (Å²) in [5.74, 6) is 0.254. The van der Waals surface area contributed by atoms with Crippen molar-refractivity contribution in [2.45, 2.75) is 12.5 Å². The molecule has 3 rings (SSSR count). The van der Waals surface area contributed by atoms with Gasteiger partial charge in [0.05, 0.1) is 23.9 Å². The molecule has 4 nitrogen and oxygen atoms in total. The molecule has 1 aliphatic heterocycles.